The van der Waals surface area contributed by atoms with Gasteiger partial charge in [0.1, 0.15) is 6.29 Å². The molecule has 0 radical (unpaired) electrons. The standard InChI is InChI=1S/C13H18O/c1-3-11(2)9-13(10-14)12-7-5-4-6-8-12/h4-8,10-11,13H,3,9H2,1-2H3. The Morgan fingerprint density at radius 1 is 1.29 bits per heavy atom. The van der Waals surface area contributed by atoms with E-state index in [1.165, 1.54) is 0 Å². The van der Waals surface area contributed by atoms with Crippen molar-refractivity contribution in [2.24, 2.45) is 5.92 Å². The van der Waals surface area contributed by atoms with Crippen molar-refractivity contribution in [1.82, 2.24) is 0 Å². The Balaban J connectivity index is 2.68. The topological polar surface area (TPSA) is 17.1 Å². The summed E-state index contributed by atoms with van der Waals surface area (Å²) in [4.78, 5) is 11.0. The Morgan fingerprint density at radius 3 is 2.43 bits per heavy atom. The fourth-order valence-corrected chi connectivity index (χ4v) is 1.57. The van der Waals surface area contributed by atoms with Crippen molar-refractivity contribution in [3.8, 4) is 0 Å². The highest BCUT2D eigenvalue weighted by atomic mass is 16.1. The predicted octanol–water partition coefficient (Wildman–Crippen LogP) is 3.41. The smallest absolute Gasteiger partial charge is 0.127 e. The third-order valence-corrected chi connectivity index (χ3v) is 2.75. The van der Waals surface area contributed by atoms with Gasteiger partial charge in [-0.1, -0.05) is 50.6 Å². The molecule has 0 aromatic heterocycles. The number of rotatable bonds is 5. The van der Waals surface area contributed by atoms with E-state index in [0.717, 1.165) is 24.7 Å². The van der Waals surface area contributed by atoms with Gasteiger partial charge < -0.3 is 4.79 Å². The van der Waals surface area contributed by atoms with Gasteiger partial charge in [0.2, 0.25) is 0 Å². The first-order valence-electron chi connectivity index (χ1n) is 5.28. The van der Waals surface area contributed by atoms with Crippen molar-refractivity contribution in [2.75, 3.05) is 0 Å². The quantitative estimate of drug-likeness (QED) is 0.650. The fourth-order valence-electron chi connectivity index (χ4n) is 1.57. The van der Waals surface area contributed by atoms with Crippen LogP contribution in [0.1, 0.15) is 38.2 Å². The van der Waals surface area contributed by atoms with Crippen LogP contribution in [0.3, 0.4) is 0 Å². The van der Waals surface area contributed by atoms with E-state index in [-0.39, 0.29) is 5.92 Å². The van der Waals surface area contributed by atoms with E-state index in [9.17, 15) is 4.79 Å². The third-order valence-electron chi connectivity index (χ3n) is 2.75. The Kier molecular flexibility index (Phi) is 4.37. The van der Waals surface area contributed by atoms with Crippen molar-refractivity contribution >= 4 is 6.29 Å². The first kappa shape index (κ1) is 11.0. The van der Waals surface area contributed by atoms with Gasteiger partial charge in [0.15, 0.2) is 0 Å². The maximum atomic E-state index is 11.0. The van der Waals surface area contributed by atoms with Gasteiger partial charge in [-0.05, 0) is 17.9 Å². The van der Waals surface area contributed by atoms with E-state index < -0.39 is 0 Å². The maximum absolute atomic E-state index is 11.0. The number of aldehydes is 1. The molecule has 1 aromatic carbocycles. The van der Waals surface area contributed by atoms with Crippen LogP contribution < -0.4 is 0 Å². The zero-order valence-corrected chi connectivity index (χ0v) is 8.94. The van der Waals surface area contributed by atoms with Crippen LogP contribution in [-0.4, -0.2) is 6.29 Å². The van der Waals surface area contributed by atoms with Crippen LogP contribution in [0.25, 0.3) is 0 Å². The summed E-state index contributed by atoms with van der Waals surface area (Å²) >= 11 is 0. The molecule has 0 saturated heterocycles. The second kappa shape index (κ2) is 5.58. The molecule has 14 heavy (non-hydrogen) atoms. The van der Waals surface area contributed by atoms with Crippen LogP contribution in [0.15, 0.2) is 30.3 Å². The van der Waals surface area contributed by atoms with E-state index >= 15 is 0 Å². The van der Waals surface area contributed by atoms with Gasteiger partial charge in [-0.25, -0.2) is 0 Å². The molecule has 0 amide bonds. The maximum Gasteiger partial charge on any atom is 0.127 e. The summed E-state index contributed by atoms with van der Waals surface area (Å²) in [5, 5.41) is 0. The molecule has 1 rings (SSSR count). The lowest BCUT2D eigenvalue weighted by molar-refractivity contribution is -0.109. The molecule has 0 aliphatic heterocycles. The van der Waals surface area contributed by atoms with Crippen molar-refractivity contribution in [1.29, 1.82) is 0 Å². The van der Waals surface area contributed by atoms with Crippen LogP contribution in [0.5, 0.6) is 0 Å². The molecule has 0 fully saturated rings. The molecular weight excluding hydrogens is 172 g/mol. The molecule has 2 unspecified atom stereocenters. The first-order chi connectivity index (χ1) is 6.77. The van der Waals surface area contributed by atoms with Gasteiger partial charge in [-0.3, -0.25) is 0 Å². The lowest BCUT2D eigenvalue weighted by Gasteiger charge is -2.14. The van der Waals surface area contributed by atoms with Gasteiger partial charge in [-0.2, -0.15) is 0 Å². The van der Waals surface area contributed by atoms with E-state index in [2.05, 4.69) is 13.8 Å². The monoisotopic (exact) mass is 190 g/mol. The van der Waals surface area contributed by atoms with E-state index in [1.54, 1.807) is 0 Å². The zero-order valence-electron chi connectivity index (χ0n) is 8.94. The van der Waals surface area contributed by atoms with Gasteiger partial charge in [-0.15, -0.1) is 0 Å². The number of carbonyl (C=O) groups excluding carboxylic acids is 1. The minimum absolute atomic E-state index is 0.0751. The zero-order chi connectivity index (χ0) is 10.4. The molecule has 1 nitrogen and oxygen atoms in total. The molecular formula is C13H18O. The lowest BCUT2D eigenvalue weighted by Crippen LogP contribution is -2.05. The average Bonchev–Trinajstić information content (AvgIpc) is 2.26. The number of benzene rings is 1. The Bertz CT molecular complexity index is 266. The lowest BCUT2D eigenvalue weighted by atomic mass is 9.90. The molecule has 0 spiro atoms. The summed E-state index contributed by atoms with van der Waals surface area (Å²) in [6, 6.07) is 10.0. The molecule has 1 aromatic rings. The Labute approximate surface area is 86.1 Å². The summed E-state index contributed by atoms with van der Waals surface area (Å²) in [6.07, 6.45) is 3.17. The fraction of sp³-hybridized carbons (Fsp3) is 0.462. The van der Waals surface area contributed by atoms with Gasteiger partial charge in [0.05, 0.1) is 0 Å². The summed E-state index contributed by atoms with van der Waals surface area (Å²) < 4.78 is 0. The SMILES string of the molecule is CCC(C)CC(C=O)c1ccccc1. The second-order valence-electron chi connectivity index (χ2n) is 3.90. The highest BCUT2D eigenvalue weighted by Gasteiger charge is 2.12. The van der Waals surface area contributed by atoms with E-state index in [4.69, 9.17) is 0 Å². The Hall–Kier alpha value is -1.11. The number of hydrogen-bond acceptors (Lipinski definition) is 1. The minimum Gasteiger partial charge on any atom is -0.303 e. The summed E-state index contributed by atoms with van der Waals surface area (Å²) in [5.41, 5.74) is 1.14. The molecule has 0 aliphatic rings. The third kappa shape index (κ3) is 2.99. The molecule has 1 heteroatoms. The first-order valence-corrected chi connectivity index (χ1v) is 5.28. The molecule has 0 N–H and O–H groups in total. The molecule has 0 heterocycles. The number of carbonyl (C=O) groups is 1. The van der Waals surface area contributed by atoms with E-state index in [0.29, 0.717) is 5.92 Å². The Morgan fingerprint density at radius 2 is 1.93 bits per heavy atom. The molecule has 0 saturated carbocycles. The molecule has 0 bridgehead atoms. The highest BCUT2D eigenvalue weighted by Crippen LogP contribution is 2.22. The highest BCUT2D eigenvalue weighted by molar-refractivity contribution is 5.61. The van der Waals surface area contributed by atoms with Crippen LogP contribution >= 0.6 is 0 Å². The summed E-state index contributed by atoms with van der Waals surface area (Å²) in [5.74, 6) is 0.691. The largest absolute Gasteiger partial charge is 0.303 e. The predicted molar refractivity (Wildman–Crippen MR) is 59.3 cm³/mol. The van der Waals surface area contributed by atoms with Crippen molar-refractivity contribution in [3.63, 3.8) is 0 Å². The van der Waals surface area contributed by atoms with Gasteiger partial charge in [0, 0.05) is 5.92 Å². The van der Waals surface area contributed by atoms with E-state index in [1.807, 2.05) is 30.3 Å². The molecule has 2 atom stereocenters. The normalized spacial score (nSPS) is 14.7. The average molecular weight is 190 g/mol. The van der Waals surface area contributed by atoms with Crippen LogP contribution in [0.2, 0.25) is 0 Å². The van der Waals surface area contributed by atoms with Crippen molar-refractivity contribution in [3.05, 3.63) is 35.9 Å². The van der Waals surface area contributed by atoms with Gasteiger partial charge in [0.25, 0.3) is 0 Å². The van der Waals surface area contributed by atoms with Crippen molar-refractivity contribution in [2.45, 2.75) is 32.6 Å². The van der Waals surface area contributed by atoms with Crippen LogP contribution in [0, 0.1) is 5.92 Å². The number of hydrogen-bond donors (Lipinski definition) is 0. The molecule has 0 aliphatic carbocycles. The van der Waals surface area contributed by atoms with Crippen LogP contribution in [0.4, 0.5) is 0 Å². The summed E-state index contributed by atoms with van der Waals surface area (Å²) in [7, 11) is 0. The molecule has 76 valence electrons. The minimum atomic E-state index is 0.0751. The summed E-state index contributed by atoms with van der Waals surface area (Å²) in [6.45, 7) is 4.36. The van der Waals surface area contributed by atoms with Crippen molar-refractivity contribution < 1.29 is 4.79 Å². The van der Waals surface area contributed by atoms with Gasteiger partial charge >= 0.3 is 0 Å². The van der Waals surface area contributed by atoms with Crippen LogP contribution in [-0.2, 0) is 4.79 Å². The second-order valence-corrected chi connectivity index (χ2v) is 3.90.